The van der Waals surface area contributed by atoms with Crippen LogP contribution >= 0.6 is 0 Å². The molecule has 1 aliphatic heterocycles. The van der Waals surface area contributed by atoms with Gasteiger partial charge in [0, 0.05) is 24.3 Å². The summed E-state index contributed by atoms with van der Waals surface area (Å²) in [5.41, 5.74) is 1.62. The Kier molecular flexibility index (Phi) is 4.38. The molecule has 1 heterocycles. The van der Waals surface area contributed by atoms with E-state index in [9.17, 15) is 9.50 Å². The van der Waals surface area contributed by atoms with Gasteiger partial charge in [0.2, 0.25) is 0 Å². The number of piperidine rings is 1. The number of hydrogen-bond donors (Lipinski definition) is 1. The molecule has 1 atom stereocenters. The lowest BCUT2D eigenvalue weighted by atomic mass is 9.75. The monoisotopic (exact) mass is 279 g/mol. The Morgan fingerprint density at radius 2 is 1.85 bits per heavy atom. The Morgan fingerprint density at radius 3 is 2.35 bits per heavy atom. The highest BCUT2D eigenvalue weighted by molar-refractivity contribution is 5.55. The van der Waals surface area contributed by atoms with Crippen molar-refractivity contribution >= 4 is 5.69 Å². The maximum atomic E-state index is 13.9. The number of halogens is 1. The van der Waals surface area contributed by atoms with E-state index in [1.54, 1.807) is 13.0 Å². The summed E-state index contributed by atoms with van der Waals surface area (Å²) in [5.74, 6) is 0.401. The van der Waals surface area contributed by atoms with Crippen molar-refractivity contribution in [2.75, 3.05) is 18.0 Å². The Labute approximate surface area is 121 Å². The van der Waals surface area contributed by atoms with E-state index in [1.165, 1.54) is 6.07 Å². The third kappa shape index (κ3) is 3.14. The van der Waals surface area contributed by atoms with Crippen LogP contribution in [0.15, 0.2) is 18.2 Å². The highest BCUT2D eigenvalue weighted by Crippen LogP contribution is 2.37. The summed E-state index contributed by atoms with van der Waals surface area (Å²) in [4.78, 5) is 2.22. The molecule has 0 aromatic heterocycles. The normalized spacial score (nSPS) is 19.2. The van der Waals surface area contributed by atoms with Gasteiger partial charge in [0.1, 0.15) is 5.82 Å². The minimum atomic E-state index is -0.772. The first kappa shape index (κ1) is 15.3. The molecule has 2 rings (SSSR count). The molecule has 112 valence electrons. The van der Waals surface area contributed by atoms with Crippen LogP contribution in [0.25, 0.3) is 0 Å². The second-order valence-electron chi connectivity index (χ2n) is 6.98. The van der Waals surface area contributed by atoms with Crippen LogP contribution in [0.2, 0.25) is 0 Å². The van der Waals surface area contributed by atoms with E-state index in [-0.39, 0.29) is 5.82 Å². The topological polar surface area (TPSA) is 23.5 Å². The fourth-order valence-corrected chi connectivity index (χ4v) is 3.20. The van der Waals surface area contributed by atoms with Crippen molar-refractivity contribution in [1.82, 2.24) is 0 Å². The third-order valence-electron chi connectivity index (χ3n) is 4.51. The average molecular weight is 279 g/mol. The number of benzene rings is 1. The minimum Gasteiger partial charge on any atom is -0.389 e. The molecular weight excluding hydrogens is 253 g/mol. The zero-order valence-corrected chi connectivity index (χ0v) is 13.0. The second kappa shape index (κ2) is 5.72. The maximum absolute atomic E-state index is 13.9. The van der Waals surface area contributed by atoms with E-state index in [0.29, 0.717) is 16.9 Å². The largest absolute Gasteiger partial charge is 0.389 e. The van der Waals surface area contributed by atoms with Gasteiger partial charge in [-0.15, -0.1) is 0 Å². The van der Waals surface area contributed by atoms with Crippen molar-refractivity contribution < 1.29 is 9.50 Å². The summed E-state index contributed by atoms with van der Waals surface area (Å²) in [6.07, 6.45) is 1.48. The number of aliphatic hydroxyl groups is 1. The number of nitrogens with zero attached hydrogens (tertiary/aromatic N) is 1. The van der Waals surface area contributed by atoms with E-state index >= 15 is 0 Å². The molecule has 1 fully saturated rings. The van der Waals surface area contributed by atoms with Gasteiger partial charge in [-0.1, -0.05) is 26.8 Å². The van der Waals surface area contributed by atoms with E-state index in [1.807, 2.05) is 6.07 Å². The first-order valence-corrected chi connectivity index (χ1v) is 7.52. The van der Waals surface area contributed by atoms with E-state index in [0.717, 1.165) is 31.6 Å². The molecule has 3 heteroatoms. The Bertz CT molecular complexity index is 457. The summed E-state index contributed by atoms with van der Waals surface area (Å²) in [6.45, 7) is 10.4. The molecule has 0 saturated carbocycles. The van der Waals surface area contributed by atoms with Gasteiger partial charge in [0.05, 0.1) is 6.10 Å². The maximum Gasteiger partial charge on any atom is 0.131 e. The van der Waals surface area contributed by atoms with Crippen molar-refractivity contribution in [2.45, 2.75) is 46.6 Å². The van der Waals surface area contributed by atoms with Gasteiger partial charge in [-0.3, -0.25) is 0 Å². The molecule has 2 nitrogen and oxygen atoms in total. The lowest BCUT2D eigenvalue weighted by molar-refractivity contribution is 0.190. The molecule has 0 amide bonds. The minimum absolute atomic E-state index is 0.310. The molecule has 0 radical (unpaired) electrons. The molecule has 1 aromatic carbocycles. The second-order valence-corrected chi connectivity index (χ2v) is 6.98. The van der Waals surface area contributed by atoms with Crippen LogP contribution in [-0.4, -0.2) is 18.2 Å². The van der Waals surface area contributed by atoms with E-state index in [2.05, 4.69) is 25.7 Å². The highest BCUT2D eigenvalue weighted by atomic mass is 19.1. The van der Waals surface area contributed by atoms with Crippen LogP contribution in [0.3, 0.4) is 0 Å². The van der Waals surface area contributed by atoms with Crippen molar-refractivity contribution in [2.24, 2.45) is 11.3 Å². The molecule has 0 aliphatic carbocycles. The molecular formula is C17H26FNO. The van der Waals surface area contributed by atoms with Crippen molar-refractivity contribution in [1.29, 1.82) is 0 Å². The smallest absolute Gasteiger partial charge is 0.131 e. The van der Waals surface area contributed by atoms with E-state index in [4.69, 9.17) is 0 Å². The summed E-state index contributed by atoms with van der Waals surface area (Å²) in [5, 5.41) is 9.83. The molecule has 1 saturated heterocycles. The Hall–Kier alpha value is -1.09. The highest BCUT2D eigenvalue weighted by Gasteiger charge is 2.30. The van der Waals surface area contributed by atoms with Crippen molar-refractivity contribution in [3.05, 3.63) is 29.6 Å². The molecule has 20 heavy (non-hydrogen) atoms. The summed E-state index contributed by atoms with van der Waals surface area (Å²) < 4.78 is 13.9. The van der Waals surface area contributed by atoms with Gasteiger partial charge in [0.15, 0.2) is 0 Å². The average Bonchev–Trinajstić information content (AvgIpc) is 2.37. The summed E-state index contributed by atoms with van der Waals surface area (Å²) in [6, 6.07) is 5.07. The zero-order valence-electron chi connectivity index (χ0n) is 13.0. The molecule has 1 aromatic rings. The fraction of sp³-hybridized carbons (Fsp3) is 0.647. The van der Waals surface area contributed by atoms with Crippen LogP contribution in [0.5, 0.6) is 0 Å². The van der Waals surface area contributed by atoms with Crippen molar-refractivity contribution in [3.8, 4) is 0 Å². The van der Waals surface area contributed by atoms with Gasteiger partial charge in [-0.25, -0.2) is 4.39 Å². The number of rotatable bonds is 2. The lowest BCUT2D eigenvalue weighted by Crippen LogP contribution is -2.38. The van der Waals surface area contributed by atoms with Crippen LogP contribution in [0, 0.1) is 17.2 Å². The predicted molar refractivity (Wildman–Crippen MR) is 81.4 cm³/mol. The summed E-state index contributed by atoms with van der Waals surface area (Å²) >= 11 is 0. The lowest BCUT2D eigenvalue weighted by Gasteiger charge is -2.40. The third-order valence-corrected chi connectivity index (χ3v) is 4.51. The molecule has 0 unspecified atom stereocenters. The number of anilines is 1. The van der Waals surface area contributed by atoms with Gasteiger partial charge in [0.25, 0.3) is 0 Å². The van der Waals surface area contributed by atoms with Crippen LogP contribution in [0.1, 0.15) is 52.2 Å². The molecule has 0 spiro atoms. The van der Waals surface area contributed by atoms with E-state index < -0.39 is 6.10 Å². The van der Waals surface area contributed by atoms with Crippen LogP contribution < -0.4 is 4.90 Å². The van der Waals surface area contributed by atoms with Gasteiger partial charge in [-0.2, -0.15) is 0 Å². The predicted octanol–water partition coefficient (Wildman–Crippen LogP) is 4.14. The van der Waals surface area contributed by atoms with Crippen LogP contribution in [0.4, 0.5) is 10.1 Å². The zero-order chi connectivity index (χ0) is 14.9. The fourth-order valence-electron chi connectivity index (χ4n) is 3.20. The number of hydrogen-bond acceptors (Lipinski definition) is 2. The number of aliphatic hydroxyl groups excluding tert-OH is 1. The SMILES string of the molecule is C[C@@H](O)c1c(F)cccc1N1CCC(C(C)(C)C)CC1. The first-order chi connectivity index (χ1) is 9.30. The summed E-state index contributed by atoms with van der Waals surface area (Å²) in [7, 11) is 0. The molecule has 1 N–H and O–H groups in total. The Morgan fingerprint density at radius 1 is 1.25 bits per heavy atom. The van der Waals surface area contributed by atoms with Gasteiger partial charge in [-0.05, 0) is 43.2 Å². The first-order valence-electron chi connectivity index (χ1n) is 7.52. The molecule has 0 bridgehead atoms. The van der Waals surface area contributed by atoms with Gasteiger partial charge >= 0.3 is 0 Å². The Balaban J connectivity index is 2.17. The van der Waals surface area contributed by atoms with Crippen LogP contribution in [-0.2, 0) is 0 Å². The quantitative estimate of drug-likeness (QED) is 0.879. The van der Waals surface area contributed by atoms with Gasteiger partial charge < -0.3 is 10.0 Å². The molecule has 1 aliphatic rings. The standard InChI is InChI=1S/C17H26FNO/c1-12(20)16-14(18)6-5-7-15(16)19-10-8-13(9-11-19)17(2,3)4/h5-7,12-13,20H,8-11H2,1-4H3/t12-/m1/s1. The van der Waals surface area contributed by atoms with Crippen molar-refractivity contribution in [3.63, 3.8) is 0 Å².